The Morgan fingerprint density at radius 2 is 1.69 bits per heavy atom. The number of hydrogen-bond acceptors (Lipinski definition) is 3. The van der Waals surface area contributed by atoms with Gasteiger partial charge in [0.1, 0.15) is 11.4 Å². The second-order valence-corrected chi connectivity index (χ2v) is 9.42. The van der Waals surface area contributed by atoms with Gasteiger partial charge in [0.05, 0.1) is 17.6 Å². The summed E-state index contributed by atoms with van der Waals surface area (Å²) < 4.78 is 19.6. The van der Waals surface area contributed by atoms with Gasteiger partial charge in [0.2, 0.25) is 5.91 Å². The number of halogens is 1. The summed E-state index contributed by atoms with van der Waals surface area (Å²) >= 11 is 0. The first kappa shape index (κ1) is 21.0. The van der Waals surface area contributed by atoms with E-state index >= 15 is 0 Å². The molecule has 1 unspecified atom stereocenters. The predicted octanol–water partition coefficient (Wildman–Crippen LogP) is 5.05. The first-order valence-electron chi connectivity index (χ1n) is 11.6. The third-order valence-electron chi connectivity index (χ3n) is 7.47. The van der Waals surface area contributed by atoms with Crippen LogP contribution in [0, 0.1) is 5.82 Å². The van der Waals surface area contributed by atoms with Crippen molar-refractivity contribution in [3.05, 3.63) is 66.0 Å². The van der Waals surface area contributed by atoms with E-state index in [9.17, 15) is 14.0 Å². The molecule has 0 N–H and O–H groups in total. The van der Waals surface area contributed by atoms with Crippen molar-refractivity contribution in [2.45, 2.75) is 56.0 Å². The molecule has 5 nitrogen and oxygen atoms in total. The summed E-state index contributed by atoms with van der Waals surface area (Å²) in [7, 11) is 0. The Morgan fingerprint density at radius 3 is 2.44 bits per heavy atom. The number of carbonyl (C=O) groups excluding carboxylic acids is 2. The molecule has 0 aromatic heterocycles. The average molecular weight is 437 g/mol. The molecule has 0 radical (unpaired) electrons. The van der Waals surface area contributed by atoms with Crippen LogP contribution in [0.4, 0.5) is 14.9 Å². The Morgan fingerprint density at radius 1 is 0.906 bits per heavy atom. The highest BCUT2D eigenvalue weighted by Crippen LogP contribution is 2.44. The highest BCUT2D eigenvalue weighted by Gasteiger charge is 2.49. The van der Waals surface area contributed by atoms with Crippen LogP contribution >= 0.6 is 0 Å². The molecule has 1 atom stereocenters. The topological polar surface area (TPSA) is 49.9 Å². The molecule has 2 aromatic rings. The summed E-state index contributed by atoms with van der Waals surface area (Å²) in [6.07, 6.45) is 5.55. The van der Waals surface area contributed by atoms with Gasteiger partial charge in [-0.25, -0.2) is 9.18 Å². The molecule has 3 aliphatic rings. The highest BCUT2D eigenvalue weighted by atomic mass is 19.1. The lowest BCUT2D eigenvalue weighted by Crippen LogP contribution is -2.46. The first-order valence-corrected chi connectivity index (χ1v) is 11.6. The zero-order chi connectivity index (χ0) is 22.2. The van der Waals surface area contributed by atoms with E-state index in [0.29, 0.717) is 38.2 Å². The van der Waals surface area contributed by atoms with E-state index < -0.39 is 17.1 Å². The van der Waals surface area contributed by atoms with Gasteiger partial charge < -0.3 is 9.64 Å². The summed E-state index contributed by atoms with van der Waals surface area (Å²) in [4.78, 5) is 30.0. The van der Waals surface area contributed by atoms with Crippen LogP contribution in [0.15, 0.2) is 54.6 Å². The number of rotatable bonds is 3. The van der Waals surface area contributed by atoms with Crippen molar-refractivity contribution in [3.63, 3.8) is 0 Å². The fourth-order valence-electron chi connectivity index (χ4n) is 5.76. The van der Waals surface area contributed by atoms with Crippen LogP contribution in [0.1, 0.15) is 50.5 Å². The molecule has 1 aliphatic carbocycles. The SMILES string of the molecule is O=C1OC2(CCCN(C(=O)C3(c4ccccc4)CCCC3)CC2)CN1c1cccc(F)c1. The molecule has 2 heterocycles. The molecule has 2 saturated heterocycles. The van der Waals surface area contributed by atoms with Crippen LogP contribution in [0.5, 0.6) is 0 Å². The fourth-order valence-corrected chi connectivity index (χ4v) is 5.76. The van der Waals surface area contributed by atoms with Gasteiger partial charge in [-0.15, -0.1) is 0 Å². The van der Waals surface area contributed by atoms with E-state index in [4.69, 9.17) is 4.74 Å². The molecule has 6 heteroatoms. The molecule has 1 saturated carbocycles. The maximum atomic E-state index is 13.8. The summed E-state index contributed by atoms with van der Waals surface area (Å²) in [6, 6.07) is 16.2. The quantitative estimate of drug-likeness (QED) is 0.677. The predicted molar refractivity (Wildman–Crippen MR) is 120 cm³/mol. The third-order valence-corrected chi connectivity index (χ3v) is 7.47. The Balaban J connectivity index is 1.33. The minimum absolute atomic E-state index is 0.213. The highest BCUT2D eigenvalue weighted by molar-refractivity contribution is 5.90. The minimum atomic E-state index is -0.631. The van der Waals surface area contributed by atoms with Crippen molar-refractivity contribution in [3.8, 4) is 0 Å². The maximum absolute atomic E-state index is 13.8. The van der Waals surface area contributed by atoms with Crippen LogP contribution in [0.3, 0.4) is 0 Å². The molecule has 168 valence electrons. The number of amides is 2. The number of anilines is 1. The second-order valence-electron chi connectivity index (χ2n) is 9.42. The molecule has 2 amide bonds. The average Bonchev–Trinajstić information content (AvgIpc) is 3.36. The van der Waals surface area contributed by atoms with Crippen molar-refractivity contribution >= 4 is 17.7 Å². The summed E-state index contributed by atoms with van der Waals surface area (Å²) in [6.45, 7) is 1.63. The van der Waals surface area contributed by atoms with Crippen molar-refractivity contribution in [2.24, 2.45) is 0 Å². The molecule has 3 fully saturated rings. The van der Waals surface area contributed by atoms with Gasteiger partial charge >= 0.3 is 6.09 Å². The summed E-state index contributed by atoms with van der Waals surface area (Å²) in [5.74, 6) is -0.166. The molecule has 0 bridgehead atoms. The minimum Gasteiger partial charge on any atom is -0.441 e. The van der Waals surface area contributed by atoms with E-state index in [1.54, 1.807) is 12.1 Å². The summed E-state index contributed by atoms with van der Waals surface area (Å²) in [5, 5.41) is 0. The van der Waals surface area contributed by atoms with Crippen molar-refractivity contribution < 1.29 is 18.7 Å². The molecule has 32 heavy (non-hydrogen) atoms. The lowest BCUT2D eigenvalue weighted by molar-refractivity contribution is -0.137. The number of ether oxygens (including phenoxy) is 1. The number of carbonyl (C=O) groups is 2. The third kappa shape index (κ3) is 3.65. The Bertz CT molecular complexity index is 1010. The van der Waals surface area contributed by atoms with E-state index in [1.807, 2.05) is 23.1 Å². The Kier molecular flexibility index (Phi) is 5.39. The van der Waals surface area contributed by atoms with E-state index in [-0.39, 0.29) is 11.7 Å². The van der Waals surface area contributed by atoms with E-state index in [2.05, 4.69) is 12.1 Å². The fraction of sp³-hybridized carbons (Fsp3) is 0.462. The van der Waals surface area contributed by atoms with E-state index in [1.165, 1.54) is 17.0 Å². The van der Waals surface area contributed by atoms with Crippen LogP contribution in [-0.2, 0) is 14.9 Å². The molecule has 1 spiro atoms. The molecule has 5 rings (SSSR count). The molecular weight excluding hydrogens is 407 g/mol. The Labute approximate surface area is 188 Å². The van der Waals surface area contributed by atoms with Crippen molar-refractivity contribution in [1.29, 1.82) is 0 Å². The van der Waals surface area contributed by atoms with Gasteiger partial charge in [-0.05, 0) is 49.4 Å². The van der Waals surface area contributed by atoms with Gasteiger partial charge in [0.15, 0.2) is 0 Å². The summed E-state index contributed by atoms with van der Waals surface area (Å²) in [5.41, 5.74) is 0.566. The number of nitrogens with zero attached hydrogens (tertiary/aromatic N) is 2. The van der Waals surface area contributed by atoms with Crippen LogP contribution in [0.25, 0.3) is 0 Å². The normalized spacial score (nSPS) is 25.1. The number of likely N-dealkylation sites (tertiary alicyclic amines) is 1. The number of benzene rings is 2. The van der Waals surface area contributed by atoms with Gasteiger partial charge in [0, 0.05) is 19.5 Å². The van der Waals surface area contributed by atoms with Gasteiger partial charge in [0.25, 0.3) is 0 Å². The van der Waals surface area contributed by atoms with Gasteiger partial charge in [-0.3, -0.25) is 9.69 Å². The second kappa shape index (κ2) is 8.23. The first-order chi connectivity index (χ1) is 15.5. The zero-order valence-electron chi connectivity index (χ0n) is 18.3. The monoisotopic (exact) mass is 436 g/mol. The largest absolute Gasteiger partial charge is 0.441 e. The Hall–Kier alpha value is -2.89. The van der Waals surface area contributed by atoms with Crippen LogP contribution in [-0.4, -0.2) is 42.1 Å². The molecular formula is C26H29FN2O3. The molecule has 2 aliphatic heterocycles. The van der Waals surface area contributed by atoms with Crippen molar-refractivity contribution in [2.75, 3.05) is 24.5 Å². The zero-order valence-corrected chi connectivity index (χ0v) is 18.3. The van der Waals surface area contributed by atoms with Crippen LogP contribution < -0.4 is 4.90 Å². The lowest BCUT2D eigenvalue weighted by Gasteiger charge is -2.34. The van der Waals surface area contributed by atoms with Gasteiger partial charge in [-0.1, -0.05) is 49.2 Å². The lowest BCUT2D eigenvalue weighted by atomic mass is 9.77. The smallest absolute Gasteiger partial charge is 0.415 e. The maximum Gasteiger partial charge on any atom is 0.415 e. The number of hydrogen-bond donors (Lipinski definition) is 0. The van der Waals surface area contributed by atoms with E-state index in [0.717, 1.165) is 37.7 Å². The van der Waals surface area contributed by atoms with Gasteiger partial charge in [-0.2, -0.15) is 0 Å². The van der Waals surface area contributed by atoms with Crippen molar-refractivity contribution in [1.82, 2.24) is 4.90 Å². The standard InChI is InChI=1S/C26H29FN2O3/c27-21-10-6-11-22(18-21)29-19-25(32-24(29)31)12-7-16-28(17-15-25)23(30)26(13-4-5-14-26)20-8-2-1-3-9-20/h1-3,6,8-11,18H,4-5,7,12-17,19H2. The van der Waals surface area contributed by atoms with Crippen LogP contribution in [0.2, 0.25) is 0 Å². The molecule has 2 aromatic carbocycles.